The van der Waals surface area contributed by atoms with Crippen molar-refractivity contribution in [2.24, 2.45) is 0 Å². The minimum Gasteiger partial charge on any atom is -0.341 e. The molecule has 1 unspecified atom stereocenters. The van der Waals surface area contributed by atoms with E-state index in [0.717, 1.165) is 19.5 Å². The number of halogens is 1. The molecule has 1 aliphatic heterocycles. The smallest absolute Gasteiger partial charge is 0.270 e. The zero-order valence-electron chi connectivity index (χ0n) is 11.1. The molecule has 6 nitrogen and oxygen atoms in total. The van der Waals surface area contributed by atoms with Gasteiger partial charge in [-0.1, -0.05) is 17.7 Å². The van der Waals surface area contributed by atoms with Gasteiger partial charge in [0, 0.05) is 31.8 Å². The van der Waals surface area contributed by atoms with E-state index in [1.54, 1.807) is 18.0 Å². The third-order valence-electron chi connectivity index (χ3n) is 3.56. The van der Waals surface area contributed by atoms with Gasteiger partial charge in [0.15, 0.2) is 0 Å². The van der Waals surface area contributed by atoms with E-state index in [0.29, 0.717) is 5.56 Å². The van der Waals surface area contributed by atoms with E-state index in [9.17, 15) is 14.9 Å². The number of carbonyl (C=O) groups is 1. The molecule has 2 rings (SSSR count). The molecule has 20 heavy (non-hydrogen) atoms. The lowest BCUT2D eigenvalue weighted by Gasteiger charge is -2.24. The number of rotatable bonds is 4. The number of amides is 1. The Kier molecular flexibility index (Phi) is 4.57. The summed E-state index contributed by atoms with van der Waals surface area (Å²) in [6, 6.07) is 4.39. The Bertz CT molecular complexity index is 530. The number of hydrogen-bond donors (Lipinski definition) is 1. The molecule has 1 aromatic rings. The normalized spacial score (nSPS) is 18.0. The van der Waals surface area contributed by atoms with Crippen LogP contribution in [0.2, 0.25) is 5.02 Å². The fraction of sp³-hybridized carbons (Fsp3) is 0.462. The quantitative estimate of drug-likeness (QED) is 0.677. The molecule has 0 aromatic heterocycles. The summed E-state index contributed by atoms with van der Waals surface area (Å²) in [7, 11) is 1.78. The third-order valence-corrected chi connectivity index (χ3v) is 3.92. The highest BCUT2D eigenvalue weighted by Gasteiger charge is 2.23. The molecule has 1 heterocycles. The van der Waals surface area contributed by atoms with Crippen LogP contribution in [0.25, 0.3) is 0 Å². The first-order valence-corrected chi connectivity index (χ1v) is 6.76. The summed E-state index contributed by atoms with van der Waals surface area (Å²) in [5, 5.41) is 14.1. The number of nitrogens with one attached hydrogen (secondary N) is 1. The molecule has 0 bridgehead atoms. The van der Waals surface area contributed by atoms with Gasteiger partial charge in [-0.15, -0.1) is 0 Å². The fourth-order valence-electron chi connectivity index (χ4n) is 2.25. The second-order valence-electron chi connectivity index (χ2n) is 4.86. The Morgan fingerprint density at radius 1 is 1.60 bits per heavy atom. The van der Waals surface area contributed by atoms with Gasteiger partial charge in [-0.25, -0.2) is 0 Å². The minimum atomic E-state index is -0.506. The first kappa shape index (κ1) is 14.7. The van der Waals surface area contributed by atoms with Crippen LogP contribution in [-0.4, -0.2) is 41.9 Å². The zero-order valence-corrected chi connectivity index (χ0v) is 11.9. The number of nitro benzene ring substituents is 1. The molecule has 1 amide bonds. The van der Waals surface area contributed by atoms with Gasteiger partial charge >= 0.3 is 0 Å². The van der Waals surface area contributed by atoms with Crippen molar-refractivity contribution in [3.8, 4) is 0 Å². The van der Waals surface area contributed by atoms with Gasteiger partial charge in [0.25, 0.3) is 5.69 Å². The Labute approximate surface area is 121 Å². The molecule has 0 saturated carbocycles. The maximum Gasteiger partial charge on any atom is 0.270 e. The SMILES string of the molecule is CN(C(=O)Cc1ccc([N+](=O)[O-])cc1Cl)C1CCNC1. The molecule has 1 aromatic carbocycles. The molecule has 1 aliphatic rings. The highest BCUT2D eigenvalue weighted by atomic mass is 35.5. The lowest BCUT2D eigenvalue weighted by Crippen LogP contribution is -2.39. The maximum absolute atomic E-state index is 12.2. The largest absolute Gasteiger partial charge is 0.341 e. The standard InChI is InChI=1S/C13H16ClN3O3/c1-16(11-4-5-15-8-11)13(18)6-9-2-3-10(17(19)20)7-12(9)14/h2-3,7,11,15H,4-6,8H2,1H3. The van der Waals surface area contributed by atoms with Gasteiger partial charge in [0.1, 0.15) is 0 Å². The molecule has 108 valence electrons. The van der Waals surface area contributed by atoms with Gasteiger partial charge < -0.3 is 10.2 Å². The van der Waals surface area contributed by atoms with E-state index in [1.165, 1.54) is 12.1 Å². The van der Waals surface area contributed by atoms with Gasteiger partial charge in [-0.3, -0.25) is 14.9 Å². The lowest BCUT2D eigenvalue weighted by molar-refractivity contribution is -0.384. The van der Waals surface area contributed by atoms with Gasteiger partial charge in [0.05, 0.1) is 16.4 Å². The number of non-ortho nitro benzene ring substituents is 1. The number of hydrogen-bond acceptors (Lipinski definition) is 4. The van der Waals surface area contributed by atoms with Crippen LogP contribution in [0.5, 0.6) is 0 Å². The second kappa shape index (κ2) is 6.19. The molecule has 0 spiro atoms. The number of benzene rings is 1. The van der Waals surface area contributed by atoms with Crippen LogP contribution >= 0.6 is 11.6 Å². The summed E-state index contributed by atoms with van der Waals surface area (Å²) in [5.74, 6) is -0.0329. The van der Waals surface area contributed by atoms with Crippen molar-refractivity contribution in [1.82, 2.24) is 10.2 Å². The average molecular weight is 298 g/mol. The first-order chi connectivity index (χ1) is 9.49. The van der Waals surface area contributed by atoms with Crippen molar-refractivity contribution in [3.63, 3.8) is 0 Å². The molecule has 0 radical (unpaired) electrons. The Morgan fingerprint density at radius 2 is 2.35 bits per heavy atom. The van der Waals surface area contributed by atoms with E-state index < -0.39 is 4.92 Å². The van der Waals surface area contributed by atoms with Crippen molar-refractivity contribution < 1.29 is 9.72 Å². The van der Waals surface area contributed by atoms with E-state index in [2.05, 4.69) is 5.32 Å². The van der Waals surface area contributed by atoms with Crippen molar-refractivity contribution in [2.75, 3.05) is 20.1 Å². The number of carbonyl (C=O) groups excluding carboxylic acids is 1. The number of nitrogens with zero attached hydrogens (tertiary/aromatic N) is 2. The van der Waals surface area contributed by atoms with Crippen LogP contribution in [0.3, 0.4) is 0 Å². The summed E-state index contributed by atoms with van der Waals surface area (Å²) >= 11 is 5.99. The van der Waals surface area contributed by atoms with Gasteiger partial charge in [-0.2, -0.15) is 0 Å². The second-order valence-corrected chi connectivity index (χ2v) is 5.27. The van der Waals surface area contributed by atoms with Crippen LogP contribution in [0.1, 0.15) is 12.0 Å². The summed E-state index contributed by atoms with van der Waals surface area (Å²) < 4.78 is 0. The van der Waals surface area contributed by atoms with E-state index >= 15 is 0 Å². The van der Waals surface area contributed by atoms with Gasteiger partial charge in [0.2, 0.25) is 5.91 Å². The average Bonchev–Trinajstić information content (AvgIpc) is 2.93. The molecule has 1 atom stereocenters. The van der Waals surface area contributed by atoms with Crippen LogP contribution in [-0.2, 0) is 11.2 Å². The van der Waals surface area contributed by atoms with Gasteiger partial charge in [-0.05, 0) is 18.5 Å². The van der Waals surface area contributed by atoms with E-state index in [1.807, 2.05) is 0 Å². The molecule has 1 fully saturated rings. The van der Waals surface area contributed by atoms with Crippen molar-refractivity contribution >= 4 is 23.2 Å². The molecular weight excluding hydrogens is 282 g/mol. The monoisotopic (exact) mass is 297 g/mol. The summed E-state index contributed by atoms with van der Waals surface area (Å²) in [6.07, 6.45) is 1.10. The molecular formula is C13H16ClN3O3. The van der Waals surface area contributed by atoms with Crippen LogP contribution in [0.15, 0.2) is 18.2 Å². The van der Waals surface area contributed by atoms with E-state index in [4.69, 9.17) is 11.6 Å². The molecule has 1 saturated heterocycles. The Hall–Kier alpha value is -1.66. The number of nitro groups is 1. The van der Waals surface area contributed by atoms with Crippen LogP contribution in [0, 0.1) is 10.1 Å². The summed E-state index contributed by atoms with van der Waals surface area (Å²) in [5.41, 5.74) is 0.541. The fourth-order valence-corrected chi connectivity index (χ4v) is 2.50. The molecule has 7 heteroatoms. The van der Waals surface area contributed by atoms with Crippen LogP contribution in [0.4, 0.5) is 5.69 Å². The van der Waals surface area contributed by atoms with Crippen molar-refractivity contribution in [2.45, 2.75) is 18.9 Å². The number of likely N-dealkylation sites (N-methyl/N-ethyl adjacent to an activating group) is 1. The predicted octanol–water partition coefficient (Wildman–Crippen LogP) is 1.61. The Balaban J connectivity index is 2.05. The highest BCUT2D eigenvalue weighted by molar-refractivity contribution is 6.31. The van der Waals surface area contributed by atoms with Crippen molar-refractivity contribution in [1.29, 1.82) is 0 Å². The predicted molar refractivity (Wildman–Crippen MR) is 75.9 cm³/mol. The highest BCUT2D eigenvalue weighted by Crippen LogP contribution is 2.23. The third kappa shape index (κ3) is 3.26. The molecule has 0 aliphatic carbocycles. The molecule has 1 N–H and O–H groups in total. The lowest BCUT2D eigenvalue weighted by atomic mass is 10.1. The van der Waals surface area contributed by atoms with E-state index in [-0.39, 0.29) is 29.1 Å². The summed E-state index contributed by atoms with van der Waals surface area (Å²) in [4.78, 5) is 24.0. The Morgan fingerprint density at radius 3 is 2.90 bits per heavy atom. The zero-order chi connectivity index (χ0) is 14.7. The van der Waals surface area contributed by atoms with Crippen LogP contribution < -0.4 is 5.32 Å². The minimum absolute atomic E-state index is 0.0329. The first-order valence-electron chi connectivity index (χ1n) is 6.38. The maximum atomic E-state index is 12.2. The topological polar surface area (TPSA) is 75.5 Å². The summed E-state index contributed by atoms with van der Waals surface area (Å²) in [6.45, 7) is 1.72. The van der Waals surface area contributed by atoms with Crippen molar-refractivity contribution in [3.05, 3.63) is 38.9 Å².